The van der Waals surface area contributed by atoms with E-state index in [1.807, 2.05) is 39.0 Å². The fraction of sp³-hybridized carbons (Fsp3) is 0.640. The first kappa shape index (κ1) is 25.2. The first-order valence-electron chi connectivity index (χ1n) is 11.8. The summed E-state index contributed by atoms with van der Waals surface area (Å²) < 4.78 is 22.4. The van der Waals surface area contributed by atoms with Gasteiger partial charge in [0.15, 0.2) is 5.65 Å². The second-order valence-corrected chi connectivity index (χ2v) is 9.35. The molecule has 3 heterocycles. The number of carbonyl (C=O) groups is 1. The lowest BCUT2D eigenvalue weighted by molar-refractivity contribution is 0.0206. The highest BCUT2D eigenvalue weighted by Crippen LogP contribution is 2.25. The van der Waals surface area contributed by atoms with E-state index in [2.05, 4.69) is 4.98 Å². The zero-order valence-corrected chi connectivity index (χ0v) is 20.3. The van der Waals surface area contributed by atoms with E-state index < -0.39 is 5.60 Å². The van der Waals surface area contributed by atoms with Crippen LogP contribution in [0.4, 0.5) is 4.79 Å². The molecule has 0 N–H and O–H groups in total. The Hall–Kier alpha value is -2.45. The molecule has 0 bridgehead atoms. The van der Waals surface area contributed by atoms with Crippen LogP contribution in [-0.4, -0.2) is 72.7 Å². The molecule has 1 aliphatic heterocycles. The van der Waals surface area contributed by atoms with Gasteiger partial charge in [-0.1, -0.05) is 6.42 Å². The first-order valence-corrected chi connectivity index (χ1v) is 11.8. The minimum Gasteiger partial charge on any atom is -0.490 e. The van der Waals surface area contributed by atoms with Gasteiger partial charge in [0.1, 0.15) is 18.0 Å². The number of rotatable bonds is 11. The van der Waals surface area contributed by atoms with E-state index in [-0.39, 0.29) is 12.2 Å². The van der Waals surface area contributed by atoms with Crippen LogP contribution in [0.3, 0.4) is 0 Å². The van der Waals surface area contributed by atoms with Crippen LogP contribution >= 0.6 is 0 Å². The smallest absolute Gasteiger partial charge is 0.410 e. The highest BCUT2D eigenvalue weighted by Gasteiger charge is 2.30. The second-order valence-electron chi connectivity index (χ2n) is 9.35. The van der Waals surface area contributed by atoms with Crippen molar-refractivity contribution in [3.63, 3.8) is 0 Å². The number of hydrogen-bond donors (Lipinski definition) is 0. The van der Waals surface area contributed by atoms with Gasteiger partial charge in [0, 0.05) is 38.2 Å². The van der Waals surface area contributed by atoms with Crippen LogP contribution in [0.25, 0.3) is 11.0 Å². The average Bonchev–Trinajstić information content (AvgIpc) is 3.24. The number of pyridine rings is 2. The summed E-state index contributed by atoms with van der Waals surface area (Å²) >= 11 is 0. The fourth-order valence-corrected chi connectivity index (χ4v) is 3.75. The van der Waals surface area contributed by atoms with Gasteiger partial charge in [0.2, 0.25) is 0 Å². The molecular weight excluding hydrogens is 422 g/mol. The number of unbranched alkanes of at least 4 members (excludes halogenated alkanes) is 2. The van der Waals surface area contributed by atoms with Crippen molar-refractivity contribution < 1.29 is 23.7 Å². The Bertz CT molecular complexity index is 899. The summed E-state index contributed by atoms with van der Waals surface area (Å²) in [5, 5.41) is 0.919. The van der Waals surface area contributed by atoms with Gasteiger partial charge in [-0.2, -0.15) is 0 Å². The maximum absolute atomic E-state index is 12.2. The zero-order chi connectivity index (χ0) is 23.7. The molecule has 1 aliphatic rings. The Balaban J connectivity index is 1.38. The maximum atomic E-state index is 12.2. The number of nitrogens with zero attached hydrogens (tertiary/aromatic N) is 3. The van der Waals surface area contributed by atoms with Gasteiger partial charge in [0.05, 0.1) is 24.6 Å². The molecule has 0 aromatic carbocycles. The van der Waals surface area contributed by atoms with Gasteiger partial charge < -0.3 is 23.8 Å². The Morgan fingerprint density at radius 2 is 2.03 bits per heavy atom. The monoisotopic (exact) mass is 459 g/mol. The van der Waals surface area contributed by atoms with Crippen LogP contribution in [-0.2, 0) is 20.6 Å². The molecule has 8 heteroatoms. The summed E-state index contributed by atoms with van der Waals surface area (Å²) in [6, 6.07) is 5.88. The zero-order valence-electron chi connectivity index (χ0n) is 20.3. The number of likely N-dealkylation sites (tertiary alicyclic amines) is 1. The lowest BCUT2D eigenvalue weighted by atomic mass is 10.1. The SMILES string of the molecule is COCCOc1cc(CCCCCO[C@@H]2CCN(C(=O)OC(C)(C)C)C2)nc2ncccc12. The van der Waals surface area contributed by atoms with Gasteiger partial charge >= 0.3 is 6.09 Å². The molecule has 1 atom stereocenters. The standard InChI is InChI=1S/C25H37N3O5/c1-25(2,3)33-24(29)28-13-11-20(18-28)31-14-7-5-6-9-19-17-22(32-16-15-30-4)21-10-8-12-26-23(21)27-19/h8,10,12,17,20H,5-7,9,11,13-16,18H2,1-4H3/t20-/m1/s1. The third-order valence-electron chi connectivity index (χ3n) is 5.37. The topological polar surface area (TPSA) is 83.0 Å². The molecule has 8 nitrogen and oxygen atoms in total. The average molecular weight is 460 g/mol. The number of hydrogen-bond acceptors (Lipinski definition) is 7. The molecule has 33 heavy (non-hydrogen) atoms. The van der Waals surface area contributed by atoms with E-state index in [0.717, 1.165) is 48.9 Å². The van der Waals surface area contributed by atoms with E-state index in [1.54, 1.807) is 18.2 Å². The van der Waals surface area contributed by atoms with Gasteiger partial charge in [-0.25, -0.2) is 14.8 Å². The van der Waals surface area contributed by atoms with Crippen molar-refractivity contribution in [2.24, 2.45) is 0 Å². The molecule has 2 aromatic heterocycles. The summed E-state index contributed by atoms with van der Waals surface area (Å²) in [6.07, 6.45) is 6.36. The molecular formula is C25H37N3O5. The molecule has 3 rings (SSSR count). The first-order chi connectivity index (χ1) is 15.9. The molecule has 2 aromatic rings. The minimum atomic E-state index is -0.469. The maximum Gasteiger partial charge on any atom is 0.410 e. The van der Waals surface area contributed by atoms with E-state index in [0.29, 0.717) is 38.6 Å². The van der Waals surface area contributed by atoms with Crippen LogP contribution < -0.4 is 4.74 Å². The van der Waals surface area contributed by atoms with Crippen molar-refractivity contribution in [1.82, 2.24) is 14.9 Å². The summed E-state index contributed by atoms with van der Waals surface area (Å²) in [6.45, 7) is 8.68. The van der Waals surface area contributed by atoms with E-state index in [9.17, 15) is 4.79 Å². The number of aryl methyl sites for hydroxylation is 1. The molecule has 0 aliphatic carbocycles. The number of methoxy groups -OCH3 is 1. The van der Waals surface area contributed by atoms with Gasteiger partial charge in [-0.05, 0) is 58.6 Å². The molecule has 1 amide bonds. The molecule has 0 unspecified atom stereocenters. The van der Waals surface area contributed by atoms with E-state index in [1.165, 1.54) is 0 Å². The molecule has 1 fully saturated rings. The lowest BCUT2D eigenvalue weighted by Crippen LogP contribution is -2.36. The molecule has 1 saturated heterocycles. The Morgan fingerprint density at radius 1 is 1.18 bits per heavy atom. The van der Waals surface area contributed by atoms with Crippen molar-refractivity contribution in [3.05, 3.63) is 30.1 Å². The molecule has 0 saturated carbocycles. The lowest BCUT2D eigenvalue weighted by Gasteiger charge is -2.24. The Labute approximate surface area is 196 Å². The van der Waals surface area contributed by atoms with Gasteiger partial charge in [0.25, 0.3) is 0 Å². The van der Waals surface area contributed by atoms with Crippen molar-refractivity contribution in [2.75, 3.05) is 40.0 Å². The minimum absolute atomic E-state index is 0.0950. The fourth-order valence-electron chi connectivity index (χ4n) is 3.75. The van der Waals surface area contributed by atoms with Gasteiger partial charge in [-0.3, -0.25) is 0 Å². The molecule has 0 spiro atoms. The van der Waals surface area contributed by atoms with Crippen molar-refractivity contribution in [2.45, 2.75) is 64.6 Å². The number of aromatic nitrogens is 2. The van der Waals surface area contributed by atoms with Crippen molar-refractivity contribution >= 4 is 17.1 Å². The van der Waals surface area contributed by atoms with E-state index in [4.69, 9.17) is 23.9 Å². The van der Waals surface area contributed by atoms with Crippen LogP contribution in [0.5, 0.6) is 5.75 Å². The Kier molecular flexibility index (Phi) is 9.26. The second kappa shape index (κ2) is 12.1. The van der Waals surface area contributed by atoms with Crippen LogP contribution in [0.1, 0.15) is 52.1 Å². The van der Waals surface area contributed by atoms with Crippen molar-refractivity contribution in [1.29, 1.82) is 0 Å². The summed E-state index contributed by atoms with van der Waals surface area (Å²) in [7, 11) is 1.66. The highest BCUT2D eigenvalue weighted by atomic mass is 16.6. The third kappa shape index (κ3) is 8.12. The van der Waals surface area contributed by atoms with Gasteiger partial charge in [-0.15, -0.1) is 0 Å². The summed E-state index contributed by atoms with van der Waals surface area (Å²) in [5.41, 5.74) is 1.22. The molecule has 0 radical (unpaired) electrons. The largest absolute Gasteiger partial charge is 0.490 e. The normalized spacial score (nSPS) is 16.4. The Morgan fingerprint density at radius 3 is 2.82 bits per heavy atom. The van der Waals surface area contributed by atoms with Crippen molar-refractivity contribution in [3.8, 4) is 5.75 Å². The number of ether oxygens (including phenoxy) is 4. The summed E-state index contributed by atoms with van der Waals surface area (Å²) in [5.74, 6) is 0.805. The third-order valence-corrected chi connectivity index (χ3v) is 5.37. The quantitative estimate of drug-likeness (QED) is 0.461. The highest BCUT2D eigenvalue weighted by molar-refractivity contribution is 5.81. The number of amides is 1. The van der Waals surface area contributed by atoms with Crippen LogP contribution in [0.15, 0.2) is 24.4 Å². The number of fused-ring (bicyclic) bond motifs is 1. The predicted molar refractivity (Wildman–Crippen MR) is 127 cm³/mol. The number of carbonyl (C=O) groups excluding carboxylic acids is 1. The van der Waals surface area contributed by atoms with E-state index >= 15 is 0 Å². The van der Waals surface area contributed by atoms with Crippen LogP contribution in [0, 0.1) is 0 Å². The predicted octanol–water partition coefficient (Wildman–Crippen LogP) is 4.39. The summed E-state index contributed by atoms with van der Waals surface area (Å²) in [4.78, 5) is 23.0. The van der Waals surface area contributed by atoms with Crippen LogP contribution in [0.2, 0.25) is 0 Å². The molecule has 182 valence electrons.